The van der Waals surface area contributed by atoms with Crippen molar-refractivity contribution in [3.05, 3.63) is 0 Å². The first-order valence-electron chi connectivity index (χ1n) is 5.27. The second-order valence-corrected chi connectivity index (χ2v) is 3.82. The molecule has 0 radical (unpaired) electrons. The highest BCUT2D eigenvalue weighted by Gasteiger charge is 2.23. The lowest BCUT2D eigenvalue weighted by Gasteiger charge is -2.18. The lowest BCUT2D eigenvalue weighted by molar-refractivity contribution is 0.105. The maximum absolute atomic E-state index is 9.49. The average Bonchev–Trinajstić information content (AvgIpc) is 2.48. The molecule has 1 aliphatic rings. The molecule has 0 spiro atoms. The molecule has 0 aromatic rings. The third-order valence-corrected chi connectivity index (χ3v) is 2.61. The Morgan fingerprint density at radius 2 is 2.38 bits per heavy atom. The molecule has 3 atom stereocenters. The molecule has 0 amide bonds. The number of ether oxygens (including phenoxy) is 1. The van der Waals surface area contributed by atoms with Crippen LogP contribution < -0.4 is 5.32 Å². The molecule has 1 rings (SSSR count). The van der Waals surface area contributed by atoms with Crippen molar-refractivity contribution in [1.82, 2.24) is 5.32 Å². The smallest absolute Gasteiger partial charge is 0.0700 e. The van der Waals surface area contributed by atoms with Crippen LogP contribution in [0.1, 0.15) is 33.1 Å². The highest BCUT2D eigenvalue weighted by molar-refractivity contribution is 4.79. The third-order valence-electron chi connectivity index (χ3n) is 2.61. The molecule has 1 fully saturated rings. The molecule has 3 nitrogen and oxygen atoms in total. The maximum Gasteiger partial charge on any atom is 0.0700 e. The Bertz CT molecular complexity index is 141. The van der Waals surface area contributed by atoms with Crippen LogP contribution in [0.3, 0.4) is 0 Å². The number of aliphatic hydroxyl groups excluding tert-OH is 1. The summed E-state index contributed by atoms with van der Waals surface area (Å²) >= 11 is 0. The van der Waals surface area contributed by atoms with Crippen LogP contribution in [0.4, 0.5) is 0 Å². The summed E-state index contributed by atoms with van der Waals surface area (Å²) in [6, 6.07) is 0.437. The highest BCUT2D eigenvalue weighted by atomic mass is 16.5. The van der Waals surface area contributed by atoms with Crippen molar-refractivity contribution in [2.24, 2.45) is 0 Å². The molecule has 13 heavy (non-hydrogen) atoms. The molecule has 1 heterocycles. The summed E-state index contributed by atoms with van der Waals surface area (Å²) in [4.78, 5) is 0. The van der Waals surface area contributed by atoms with Crippen molar-refractivity contribution in [3.63, 3.8) is 0 Å². The Morgan fingerprint density at radius 1 is 1.62 bits per heavy atom. The van der Waals surface area contributed by atoms with Crippen molar-refractivity contribution < 1.29 is 9.84 Å². The molecule has 1 saturated heterocycles. The van der Waals surface area contributed by atoms with E-state index in [1.807, 2.05) is 0 Å². The van der Waals surface area contributed by atoms with E-state index >= 15 is 0 Å². The molecule has 0 bridgehead atoms. The second kappa shape index (κ2) is 5.58. The van der Waals surface area contributed by atoms with E-state index in [1.54, 1.807) is 0 Å². The SMILES string of the molecule is CCCC(O)CNC1CCOC1C. The fraction of sp³-hybridized carbons (Fsp3) is 1.00. The quantitative estimate of drug-likeness (QED) is 0.672. The number of aliphatic hydroxyl groups is 1. The molecule has 0 aliphatic carbocycles. The summed E-state index contributed by atoms with van der Waals surface area (Å²) < 4.78 is 5.41. The first-order chi connectivity index (χ1) is 6.24. The summed E-state index contributed by atoms with van der Waals surface area (Å²) in [6.45, 7) is 5.72. The van der Waals surface area contributed by atoms with E-state index in [-0.39, 0.29) is 6.10 Å². The van der Waals surface area contributed by atoms with Gasteiger partial charge in [0.15, 0.2) is 0 Å². The zero-order valence-electron chi connectivity index (χ0n) is 8.62. The standard InChI is InChI=1S/C10H21NO2/c1-3-4-9(12)7-11-10-5-6-13-8(10)2/h8-12H,3-7H2,1-2H3. The summed E-state index contributed by atoms with van der Waals surface area (Å²) in [6.07, 6.45) is 3.10. The lowest BCUT2D eigenvalue weighted by Crippen LogP contribution is -2.39. The van der Waals surface area contributed by atoms with Crippen LogP contribution in [0.15, 0.2) is 0 Å². The van der Waals surface area contributed by atoms with Gasteiger partial charge >= 0.3 is 0 Å². The third kappa shape index (κ3) is 3.63. The van der Waals surface area contributed by atoms with Gasteiger partial charge in [0.25, 0.3) is 0 Å². The van der Waals surface area contributed by atoms with Gasteiger partial charge in [0.05, 0.1) is 12.2 Å². The zero-order valence-corrected chi connectivity index (χ0v) is 8.62. The van der Waals surface area contributed by atoms with Crippen LogP contribution in [-0.2, 0) is 4.74 Å². The average molecular weight is 187 g/mol. The molecule has 1 aliphatic heterocycles. The van der Waals surface area contributed by atoms with Crippen molar-refractivity contribution in [2.45, 2.75) is 51.4 Å². The van der Waals surface area contributed by atoms with Gasteiger partial charge in [-0.2, -0.15) is 0 Å². The monoisotopic (exact) mass is 187 g/mol. The molecule has 0 aromatic carbocycles. The second-order valence-electron chi connectivity index (χ2n) is 3.82. The topological polar surface area (TPSA) is 41.5 Å². The number of rotatable bonds is 5. The Hall–Kier alpha value is -0.120. The molecule has 3 unspecified atom stereocenters. The fourth-order valence-corrected chi connectivity index (χ4v) is 1.72. The van der Waals surface area contributed by atoms with Crippen molar-refractivity contribution >= 4 is 0 Å². The molecule has 2 N–H and O–H groups in total. The van der Waals surface area contributed by atoms with Gasteiger partial charge in [-0.25, -0.2) is 0 Å². The minimum absolute atomic E-state index is 0.196. The predicted molar refractivity (Wildman–Crippen MR) is 52.7 cm³/mol. The maximum atomic E-state index is 9.49. The van der Waals surface area contributed by atoms with Crippen molar-refractivity contribution in [2.75, 3.05) is 13.2 Å². The molecule has 78 valence electrons. The number of nitrogens with one attached hydrogen (secondary N) is 1. The summed E-state index contributed by atoms with van der Waals surface area (Å²) in [7, 11) is 0. The minimum atomic E-state index is -0.196. The molecule has 3 heteroatoms. The van der Waals surface area contributed by atoms with E-state index in [0.29, 0.717) is 18.7 Å². The van der Waals surface area contributed by atoms with E-state index in [9.17, 15) is 5.11 Å². The molecule has 0 saturated carbocycles. The lowest BCUT2D eigenvalue weighted by atomic mass is 10.1. The van der Waals surface area contributed by atoms with Gasteiger partial charge in [-0.15, -0.1) is 0 Å². The molecular formula is C10H21NO2. The Balaban J connectivity index is 2.10. The van der Waals surface area contributed by atoms with Crippen LogP contribution in [0.2, 0.25) is 0 Å². The fourth-order valence-electron chi connectivity index (χ4n) is 1.72. The summed E-state index contributed by atoms with van der Waals surface area (Å²) in [5, 5.41) is 12.8. The van der Waals surface area contributed by atoms with Crippen LogP contribution in [0, 0.1) is 0 Å². The zero-order chi connectivity index (χ0) is 9.68. The van der Waals surface area contributed by atoms with Gasteiger partial charge in [0.2, 0.25) is 0 Å². The van der Waals surface area contributed by atoms with Crippen LogP contribution >= 0.6 is 0 Å². The molecule has 0 aromatic heterocycles. The van der Waals surface area contributed by atoms with Crippen molar-refractivity contribution in [3.8, 4) is 0 Å². The molecular weight excluding hydrogens is 166 g/mol. The number of hydrogen-bond acceptors (Lipinski definition) is 3. The Kier molecular flexibility index (Phi) is 4.70. The van der Waals surface area contributed by atoms with Gasteiger partial charge in [0, 0.05) is 19.2 Å². The first-order valence-corrected chi connectivity index (χ1v) is 5.27. The van der Waals surface area contributed by atoms with Crippen molar-refractivity contribution in [1.29, 1.82) is 0 Å². The summed E-state index contributed by atoms with van der Waals surface area (Å²) in [5.41, 5.74) is 0. The number of hydrogen-bond donors (Lipinski definition) is 2. The van der Waals surface area contributed by atoms with Gasteiger partial charge in [0.1, 0.15) is 0 Å². The van der Waals surface area contributed by atoms with E-state index in [0.717, 1.165) is 25.9 Å². The van der Waals surface area contributed by atoms with Crippen LogP contribution in [-0.4, -0.2) is 36.5 Å². The normalized spacial score (nSPS) is 30.7. The summed E-state index contributed by atoms with van der Waals surface area (Å²) in [5.74, 6) is 0. The van der Waals surface area contributed by atoms with E-state index < -0.39 is 0 Å². The largest absolute Gasteiger partial charge is 0.392 e. The van der Waals surface area contributed by atoms with Gasteiger partial charge in [-0.3, -0.25) is 0 Å². The minimum Gasteiger partial charge on any atom is -0.392 e. The van der Waals surface area contributed by atoms with E-state index in [4.69, 9.17) is 4.74 Å². The van der Waals surface area contributed by atoms with E-state index in [1.165, 1.54) is 0 Å². The van der Waals surface area contributed by atoms with Gasteiger partial charge < -0.3 is 15.2 Å². The van der Waals surface area contributed by atoms with Crippen LogP contribution in [0.5, 0.6) is 0 Å². The van der Waals surface area contributed by atoms with Crippen LogP contribution in [0.25, 0.3) is 0 Å². The Labute approximate surface area is 80.5 Å². The first kappa shape index (κ1) is 11.0. The Morgan fingerprint density at radius 3 is 2.92 bits per heavy atom. The van der Waals surface area contributed by atoms with E-state index in [2.05, 4.69) is 19.2 Å². The predicted octanol–water partition coefficient (Wildman–Crippen LogP) is 0.914. The highest BCUT2D eigenvalue weighted by Crippen LogP contribution is 2.12. The van der Waals surface area contributed by atoms with Gasteiger partial charge in [-0.1, -0.05) is 13.3 Å². The van der Waals surface area contributed by atoms with Gasteiger partial charge in [-0.05, 0) is 19.8 Å².